The van der Waals surface area contributed by atoms with Crippen LogP contribution in [-0.2, 0) is 15.0 Å². The number of unbranched alkanes of at least 4 members (excludes halogenated alkanes) is 2. The summed E-state index contributed by atoms with van der Waals surface area (Å²) >= 11 is 0. The first-order valence-electron chi connectivity index (χ1n) is 14.8. The zero-order chi connectivity index (χ0) is 28.4. The molecule has 1 amide bonds. The Bertz CT molecular complexity index is 1410. The second-order valence-electron chi connectivity index (χ2n) is 12.5. The third kappa shape index (κ3) is 5.63. The monoisotopic (exact) mass is 534 g/mol. The van der Waals surface area contributed by atoms with Crippen molar-refractivity contribution in [2.24, 2.45) is 0 Å². The molecule has 5 rings (SSSR count). The number of para-hydroxylation sites is 2. The van der Waals surface area contributed by atoms with E-state index in [4.69, 9.17) is 0 Å². The van der Waals surface area contributed by atoms with Gasteiger partial charge in [-0.2, -0.15) is 0 Å². The van der Waals surface area contributed by atoms with E-state index in [0.717, 1.165) is 59.5 Å². The molecule has 2 aliphatic rings. The topological polar surface area (TPSA) is 49.4 Å². The molecule has 0 saturated heterocycles. The molecule has 1 aliphatic heterocycles. The summed E-state index contributed by atoms with van der Waals surface area (Å²) in [5, 5.41) is 3.66. The second kappa shape index (κ2) is 11.4. The number of carbonyl (C=O) groups is 2. The molecule has 0 fully saturated rings. The van der Waals surface area contributed by atoms with Crippen LogP contribution in [-0.4, -0.2) is 11.7 Å². The molecule has 1 heterocycles. The van der Waals surface area contributed by atoms with Gasteiger partial charge in [0.2, 0.25) is 5.91 Å². The van der Waals surface area contributed by atoms with Crippen molar-refractivity contribution in [3.05, 3.63) is 106 Å². The Hall–Kier alpha value is -3.66. The minimum Gasteiger partial charge on any atom is -0.357 e. The maximum atomic E-state index is 14.2. The summed E-state index contributed by atoms with van der Waals surface area (Å²) in [6.45, 7) is 10.9. The lowest BCUT2D eigenvalue weighted by Gasteiger charge is -2.35. The van der Waals surface area contributed by atoms with E-state index >= 15 is 0 Å². The summed E-state index contributed by atoms with van der Waals surface area (Å²) in [4.78, 5) is 30.1. The third-order valence-corrected chi connectivity index (χ3v) is 8.39. The smallest absolute Gasteiger partial charge is 0.227 e. The van der Waals surface area contributed by atoms with Crippen molar-refractivity contribution < 1.29 is 9.59 Å². The lowest BCUT2D eigenvalue weighted by Crippen LogP contribution is -2.38. The Labute approximate surface area is 239 Å². The number of benzene rings is 3. The van der Waals surface area contributed by atoms with Crippen LogP contribution >= 0.6 is 0 Å². The van der Waals surface area contributed by atoms with Gasteiger partial charge in [-0.3, -0.25) is 14.5 Å². The Morgan fingerprint density at radius 3 is 2.25 bits per heavy atom. The number of rotatable bonds is 6. The zero-order valence-corrected chi connectivity index (χ0v) is 24.6. The van der Waals surface area contributed by atoms with E-state index in [1.165, 1.54) is 11.1 Å². The predicted molar refractivity (Wildman–Crippen MR) is 165 cm³/mol. The fourth-order valence-corrected chi connectivity index (χ4v) is 6.07. The van der Waals surface area contributed by atoms with Crippen LogP contribution in [0.5, 0.6) is 0 Å². The highest BCUT2D eigenvalue weighted by atomic mass is 16.2. The minimum absolute atomic E-state index is 0.0646. The Morgan fingerprint density at radius 1 is 0.900 bits per heavy atom. The van der Waals surface area contributed by atoms with E-state index in [-0.39, 0.29) is 23.0 Å². The maximum absolute atomic E-state index is 14.2. The van der Waals surface area contributed by atoms with Crippen LogP contribution in [0.25, 0.3) is 0 Å². The highest BCUT2D eigenvalue weighted by Gasteiger charge is 2.41. The molecule has 3 aromatic rings. The minimum atomic E-state index is -0.461. The van der Waals surface area contributed by atoms with Crippen molar-refractivity contribution in [1.82, 2.24) is 0 Å². The number of hydrogen-bond donors (Lipinski definition) is 1. The van der Waals surface area contributed by atoms with Crippen LogP contribution in [0.1, 0.15) is 100 Å². The number of ketones is 1. The van der Waals surface area contributed by atoms with Crippen molar-refractivity contribution in [3.63, 3.8) is 0 Å². The highest BCUT2D eigenvalue weighted by Crippen LogP contribution is 2.47. The Kier molecular flexibility index (Phi) is 7.98. The van der Waals surface area contributed by atoms with Crippen LogP contribution in [0.4, 0.5) is 11.4 Å². The van der Waals surface area contributed by atoms with Gasteiger partial charge in [0, 0.05) is 24.1 Å². The van der Waals surface area contributed by atoms with Crippen LogP contribution in [0.3, 0.4) is 0 Å². The van der Waals surface area contributed by atoms with Gasteiger partial charge in [0.25, 0.3) is 0 Å². The molecule has 0 radical (unpaired) electrons. The first kappa shape index (κ1) is 27.9. The van der Waals surface area contributed by atoms with Gasteiger partial charge in [0.05, 0.1) is 17.4 Å². The number of Topliss-reactive ketones (excluding diaryl/α,β-unsaturated/α-hetero) is 1. The average Bonchev–Trinajstić information content (AvgIpc) is 3.08. The fraction of sp³-hybridized carbons (Fsp3) is 0.389. The van der Waals surface area contributed by atoms with E-state index in [1.807, 2.05) is 29.2 Å². The molecule has 3 aromatic carbocycles. The summed E-state index contributed by atoms with van der Waals surface area (Å²) in [5.41, 5.74) is 8.06. The second-order valence-corrected chi connectivity index (χ2v) is 12.5. The summed E-state index contributed by atoms with van der Waals surface area (Å²) in [6.07, 6.45) is 4.53. The van der Waals surface area contributed by atoms with Crippen molar-refractivity contribution in [3.8, 4) is 0 Å². The average molecular weight is 535 g/mol. The molecule has 4 nitrogen and oxygen atoms in total. The van der Waals surface area contributed by atoms with E-state index in [9.17, 15) is 9.59 Å². The SMILES string of the molecule is CCCCCC(=O)N1c2ccccc2NC2=C(C(=O)C[C@H](c3ccc(C(C)(C)C)cc3)C2)[C@@H]1c1ccc(C)cc1. The molecule has 2 atom stereocenters. The molecular weight excluding hydrogens is 492 g/mol. The summed E-state index contributed by atoms with van der Waals surface area (Å²) < 4.78 is 0. The number of carbonyl (C=O) groups excluding carboxylic acids is 2. The summed E-state index contributed by atoms with van der Waals surface area (Å²) in [6, 6.07) is 24.6. The van der Waals surface area contributed by atoms with Gasteiger partial charge >= 0.3 is 0 Å². The highest BCUT2D eigenvalue weighted by molar-refractivity contribution is 6.06. The standard InChI is InChI=1S/C36H42N2O2/c1-6-7-8-13-33(40)38-31-12-10-9-11-29(31)37-30-22-27(25-18-20-28(21-19-25)36(3,4)5)23-32(39)34(30)35(38)26-16-14-24(2)15-17-26/h9-12,14-21,27,35,37H,6-8,13,22-23H2,1-5H3/t27-,35+/m1/s1. The van der Waals surface area contributed by atoms with Gasteiger partial charge < -0.3 is 5.32 Å². The number of amides is 1. The fourth-order valence-electron chi connectivity index (χ4n) is 6.07. The maximum Gasteiger partial charge on any atom is 0.227 e. The van der Waals surface area contributed by atoms with Crippen molar-refractivity contribution in [2.75, 3.05) is 10.2 Å². The first-order valence-corrected chi connectivity index (χ1v) is 14.8. The molecule has 40 heavy (non-hydrogen) atoms. The molecule has 4 heteroatoms. The molecule has 0 saturated carbocycles. The van der Waals surface area contributed by atoms with E-state index in [2.05, 4.69) is 88.5 Å². The van der Waals surface area contributed by atoms with Crippen molar-refractivity contribution >= 4 is 23.1 Å². The van der Waals surface area contributed by atoms with Crippen LogP contribution in [0.15, 0.2) is 84.1 Å². The number of aryl methyl sites for hydroxylation is 1. The Morgan fingerprint density at radius 2 is 1.57 bits per heavy atom. The molecule has 0 aromatic heterocycles. The molecule has 0 spiro atoms. The number of nitrogens with zero attached hydrogens (tertiary/aromatic N) is 1. The normalized spacial score (nSPS) is 19.0. The molecule has 0 unspecified atom stereocenters. The summed E-state index contributed by atoms with van der Waals surface area (Å²) in [5.74, 6) is 0.267. The molecule has 0 bridgehead atoms. The molecule has 208 valence electrons. The summed E-state index contributed by atoms with van der Waals surface area (Å²) in [7, 11) is 0. The lowest BCUT2D eigenvalue weighted by molar-refractivity contribution is -0.119. The van der Waals surface area contributed by atoms with Gasteiger partial charge in [-0.1, -0.05) is 107 Å². The van der Waals surface area contributed by atoms with E-state index < -0.39 is 6.04 Å². The van der Waals surface area contributed by atoms with Crippen LogP contribution in [0, 0.1) is 6.92 Å². The van der Waals surface area contributed by atoms with Crippen molar-refractivity contribution in [1.29, 1.82) is 0 Å². The van der Waals surface area contributed by atoms with E-state index in [1.54, 1.807) is 0 Å². The van der Waals surface area contributed by atoms with Gasteiger partial charge in [-0.05, 0) is 59.9 Å². The van der Waals surface area contributed by atoms with Gasteiger partial charge in [0.1, 0.15) is 0 Å². The van der Waals surface area contributed by atoms with Gasteiger partial charge in [0.15, 0.2) is 5.78 Å². The van der Waals surface area contributed by atoms with Gasteiger partial charge in [-0.25, -0.2) is 0 Å². The van der Waals surface area contributed by atoms with E-state index in [0.29, 0.717) is 12.8 Å². The number of nitrogens with one attached hydrogen (secondary N) is 1. The predicted octanol–water partition coefficient (Wildman–Crippen LogP) is 8.77. The number of anilines is 2. The lowest BCUT2D eigenvalue weighted by atomic mass is 9.77. The first-order chi connectivity index (χ1) is 19.2. The van der Waals surface area contributed by atoms with Gasteiger partial charge in [-0.15, -0.1) is 0 Å². The largest absolute Gasteiger partial charge is 0.357 e. The van der Waals surface area contributed by atoms with Crippen molar-refractivity contribution in [2.45, 2.75) is 90.5 Å². The zero-order valence-electron chi connectivity index (χ0n) is 24.6. The molecule has 1 N–H and O–H groups in total. The molecular formula is C36H42N2O2. The number of fused-ring (bicyclic) bond motifs is 1. The quantitative estimate of drug-likeness (QED) is 0.322. The number of allylic oxidation sites excluding steroid dienone is 1. The van der Waals surface area contributed by atoms with Crippen LogP contribution < -0.4 is 10.2 Å². The van der Waals surface area contributed by atoms with Crippen LogP contribution in [0.2, 0.25) is 0 Å². The molecule has 1 aliphatic carbocycles. The third-order valence-electron chi connectivity index (χ3n) is 8.39. The Balaban J connectivity index is 1.61. The number of hydrogen-bond acceptors (Lipinski definition) is 3.